The fraction of sp³-hybridized carbons (Fsp3) is 0.250. The van der Waals surface area contributed by atoms with Gasteiger partial charge in [0.15, 0.2) is 0 Å². The van der Waals surface area contributed by atoms with E-state index in [0.29, 0.717) is 5.82 Å². The zero-order chi connectivity index (χ0) is 15.6. The summed E-state index contributed by atoms with van der Waals surface area (Å²) in [6.07, 6.45) is 1.46. The van der Waals surface area contributed by atoms with Gasteiger partial charge in [0.25, 0.3) is 10.0 Å². The Labute approximate surface area is 120 Å². The fourth-order valence-corrected chi connectivity index (χ4v) is 3.03. The van der Waals surface area contributed by atoms with E-state index in [1.165, 1.54) is 42.2 Å². The minimum atomic E-state index is -3.90. The lowest BCUT2D eigenvalue weighted by molar-refractivity contribution is -0.0499. The van der Waals surface area contributed by atoms with Crippen LogP contribution in [0.1, 0.15) is 0 Å². The summed E-state index contributed by atoms with van der Waals surface area (Å²) in [4.78, 5) is -0.149. The van der Waals surface area contributed by atoms with E-state index in [4.69, 9.17) is 0 Å². The summed E-state index contributed by atoms with van der Waals surface area (Å²) in [7, 11) is -0.946. The Kier molecular flexibility index (Phi) is 4.12. The Morgan fingerprint density at radius 2 is 2.05 bits per heavy atom. The van der Waals surface area contributed by atoms with E-state index >= 15 is 0 Å². The van der Waals surface area contributed by atoms with Crippen LogP contribution in [0.15, 0.2) is 41.4 Å². The lowest BCUT2D eigenvalue weighted by Crippen LogP contribution is -2.28. The Balaban J connectivity index is 2.38. The van der Waals surface area contributed by atoms with Gasteiger partial charge in [0.05, 0.1) is 11.1 Å². The summed E-state index contributed by atoms with van der Waals surface area (Å²) in [5.74, 6) is 0.125. The lowest BCUT2D eigenvalue weighted by atomic mass is 10.3. The number of sulfonamides is 1. The molecule has 0 saturated carbocycles. The van der Waals surface area contributed by atoms with Gasteiger partial charge in [-0.1, -0.05) is 6.07 Å². The second kappa shape index (κ2) is 5.68. The molecule has 114 valence electrons. The number of aromatic nitrogens is 2. The van der Waals surface area contributed by atoms with Crippen LogP contribution in [-0.4, -0.2) is 31.9 Å². The fourth-order valence-electron chi connectivity index (χ4n) is 1.77. The monoisotopic (exact) mass is 317 g/mol. The molecule has 0 bridgehead atoms. The SMILES string of the molecule is CN(c1ccnn1C)S(=O)(=O)c1cccc(OC(F)F)c1. The molecule has 1 aromatic heterocycles. The van der Waals surface area contributed by atoms with Gasteiger partial charge in [0, 0.05) is 26.2 Å². The summed E-state index contributed by atoms with van der Waals surface area (Å²) >= 11 is 0. The van der Waals surface area contributed by atoms with E-state index in [1.54, 1.807) is 7.05 Å². The van der Waals surface area contributed by atoms with Gasteiger partial charge in [-0.05, 0) is 12.1 Å². The highest BCUT2D eigenvalue weighted by Crippen LogP contribution is 2.24. The zero-order valence-electron chi connectivity index (χ0n) is 11.3. The second-order valence-electron chi connectivity index (χ2n) is 4.14. The van der Waals surface area contributed by atoms with E-state index in [0.717, 1.165) is 10.4 Å². The number of ether oxygens (including phenoxy) is 1. The smallest absolute Gasteiger partial charge is 0.387 e. The van der Waals surface area contributed by atoms with Crippen molar-refractivity contribution in [2.45, 2.75) is 11.5 Å². The lowest BCUT2D eigenvalue weighted by Gasteiger charge is -2.19. The average Bonchev–Trinajstić information content (AvgIpc) is 2.83. The van der Waals surface area contributed by atoms with Crippen molar-refractivity contribution >= 4 is 15.8 Å². The second-order valence-corrected chi connectivity index (χ2v) is 6.11. The van der Waals surface area contributed by atoms with Gasteiger partial charge in [-0.25, -0.2) is 8.42 Å². The van der Waals surface area contributed by atoms with E-state index in [2.05, 4.69) is 9.84 Å². The molecule has 0 atom stereocenters. The molecule has 2 aromatic rings. The van der Waals surface area contributed by atoms with Crippen LogP contribution in [0.4, 0.5) is 14.6 Å². The first-order valence-corrected chi connectivity index (χ1v) is 7.28. The van der Waals surface area contributed by atoms with Crippen LogP contribution in [0.3, 0.4) is 0 Å². The van der Waals surface area contributed by atoms with E-state index in [-0.39, 0.29) is 10.6 Å². The quantitative estimate of drug-likeness (QED) is 0.844. The Hall–Kier alpha value is -2.16. The van der Waals surface area contributed by atoms with Crippen LogP contribution in [-0.2, 0) is 17.1 Å². The van der Waals surface area contributed by atoms with Crippen molar-refractivity contribution in [2.75, 3.05) is 11.4 Å². The van der Waals surface area contributed by atoms with Crippen molar-refractivity contribution in [1.29, 1.82) is 0 Å². The number of hydrogen-bond acceptors (Lipinski definition) is 4. The van der Waals surface area contributed by atoms with Crippen molar-refractivity contribution in [3.05, 3.63) is 36.5 Å². The normalized spacial score (nSPS) is 11.7. The first-order chi connectivity index (χ1) is 9.82. The maximum absolute atomic E-state index is 12.5. The standard InChI is InChI=1S/C12H13F2N3O3S/c1-16-11(6-7-15-16)17(2)21(18,19)10-5-3-4-9(8-10)20-12(13)14/h3-8,12H,1-2H3. The number of halogens is 2. The number of benzene rings is 1. The van der Waals surface area contributed by atoms with E-state index in [1.807, 2.05) is 0 Å². The number of rotatable bonds is 5. The number of hydrogen-bond donors (Lipinski definition) is 0. The minimum Gasteiger partial charge on any atom is -0.435 e. The summed E-state index contributed by atoms with van der Waals surface area (Å²) in [5.41, 5.74) is 0. The molecule has 0 aliphatic rings. The van der Waals surface area contributed by atoms with Gasteiger partial charge >= 0.3 is 6.61 Å². The zero-order valence-corrected chi connectivity index (χ0v) is 12.1. The maximum Gasteiger partial charge on any atom is 0.387 e. The van der Waals surface area contributed by atoms with Gasteiger partial charge < -0.3 is 4.74 Å². The number of alkyl halides is 2. The third-order valence-electron chi connectivity index (χ3n) is 2.81. The van der Waals surface area contributed by atoms with Crippen molar-refractivity contribution in [3.63, 3.8) is 0 Å². The highest BCUT2D eigenvalue weighted by molar-refractivity contribution is 7.92. The van der Waals surface area contributed by atoms with Crippen LogP contribution in [0.25, 0.3) is 0 Å². The van der Waals surface area contributed by atoms with Gasteiger partial charge in [0.2, 0.25) is 0 Å². The molecule has 9 heteroatoms. The van der Waals surface area contributed by atoms with Crippen molar-refractivity contribution in [3.8, 4) is 5.75 Å². The van der Waals surface area contributed by atoms with Gasteiger partial charge in [-0.3, -0.25) is 8.99 Å². The summed E-state index contributed by atoms with van der Waals surface area (Å²) in [6, 6.07) is 6.48. The predicted molar refractivity (Wildman–Crippen MR) is 71.9 cm³/mol. The summed E-state index contributed by atoms with van der Waals surface area (Å²) < 4.78 is 55.9. The molecular formula is C12H13F2N3O3S. The summed E-state index contributed by atoms with van der Waals surface area (Å²) in [5, 5.41) is 3.89. The molecule has 0 saturated heterocycles. The van der Waals surface area contributed by atoms with Gasteiger partial charge in [-0.15, -0.1) is 0 Å². The molecule has 0 N–H and O–H groups in total. The number of anilines is 1. The Morgan fingerprint density at radius 3 is 2.62 bits per heavy atom. The largest absolute Gasteiger partial charge is 0.435 e. The molecule has 0 fully saturated rings. The Morgan fingerprint density at radius 1 is 1.33 bits per heavy atom. The van der Waals surface area contributed by atoms with Crippen molar-refractivity contribution in [2.24, 2.45) is 7.05 Å². The molecule has 2 rings (SSSR count). The van der Waals surface area contributed by atoms with E-state index < -0.39 is 16.6 Å². The topological polar surface area (TPSA) is 64.4 Å². The molecule has 0 spiro atoms. The molecule has 0 amide bonds. The van der Waals surface area contributed by atoms with Crippen molar-refractivity contribution in [1.82, 2.24) is 9.78 Å². The van der Waals surface area contributed by atoms with Crippen LogP contribution in [0, 0.1) is 0 Å². The van der Waals surface area contributed by atoms with Gasteiger partial charge in [0.1, 0.15) is 11.6 Å². The molecular weight excluding hydrogens is 304 g/mol. The minimum absolute atomic E-state index is 0.149. The molecule has 1 aromatic carbocycles. The third-order valence-corrected chi connectivity index (χ3v) is 4.56. The first-order valence-electron chi connectivity index (χ1n) is 5.84. The molecule has 0 aliphatic carbocycles. The highest BCUT2D eigenvalue weighted by atomic mass is 32.2. The van der Waals surface area contributed by atoms with Crippen LogP contribution in [0.2, 0.25) is 0 Å². The first kappa shape index (κ1) is 15.2. The average molecular weight is 317 g/mol. The third kappa shape index (κ3) is 3.13. The number of aryl methyl sites for hydroxylation is 1. The Bertz CT molecular complexity index is 731. The molecule has 0 radical (unpaired) electrons. The predicted octanol–water partition coefficient (Wildman–Crippen LogP) is 1.85. The molecule has 6 nitrogen and oxygen atoms in total. The molecule has 0 unspecified atom stereocenters. The van der Waals surface area contributed by atoms with Crippen LogP contribution >= 0.6 is 0 Å². The molecule has 0 aliphatic heterocycles. The van der Waals surface area contributed by atoms with Gasteiger partial charge in [-0.2, -0.15) is 13.9 Å². The molecule has 1 heterocycles. The molecule has 21 heavy (non-hydrogen) atoms. The van der Waals surface area contributed by atoms with Crippen LogP contribution < -0.4 is 9.04 Å². The highest BCUT2D eigenvalue weighted by Gasteiger charge is 2.24. The van der Waals surface area contributed by atoms with Crippen LogP contribution in [0.5, 0.6) is 5.75 Å². The maximum atomic E-state index is 12.5. The number of nitrogens with zero attached hydrogens (tertiary/aromatic N) is 3. The van der Waals surface area contributed by atoms with E-state index in [9.17, 15) is 17.2 Å². The summed E-state index contributed by atoms with van der Waals surface area (Å²) in [6.45, 7) is -3.02. The van der Waals surface area contributed by atoms with Crippen molar-refractivity contribution < 1.29 is 21.9 Å².